The van der Waals surface area contributed by atoms with E-state index in [9.17, 15) is 9.59 Å². The number of benzene rings is 1. The highest BCUT2D eigenvalue weighted by Crippen LogP contribution is 2.30. The Morgan fingerprint density at radius 3 is 2.77 bits per heavy atom. The molecule has 3 heterocycles. The minimum atomic E-state index is -0.207. The molecule has 0 radical (unpaired) electrons. The summed E-state index contributed by atoms with van der Waals surface area (Å²) in [4.78, 5) is 31.2. The molecule has 1 N–H and O–H groups in total. The fraction of sp³-hybridized carbons (Fsp3) is 0.105. The molecule has 0 saturated carbocycles. The van der Waals surface area contributed by atoms with E-state index in [2.05, 4.69) is 10.3 Å². The molecule has 0 atom stereocenters. The molecule has 7 heteroatoms. The fourth-order valence-electron chi connectivity index (χ4n) is 2.61. The maximum atomic E-state index is 12.7. The average Bonchev–Trinajstić information content (AvgIpc) is 3.33. The molecular weight excluding hydrogens is 366 g/mol. The van der Waals surface area contributed by atoms with E-state index in [-0.39, 0.29) is 18.0 Å². The van der Waals surface area contributed by atoms with Gasteiger partial charge in [-0.3, -0.25) is 14.2 Å². The SMILES string of the molecule is O=C(Cn1cnc2cc(-c3ccccc3)sc2c1=O)NCc1cccs1. The number of thiophene rings is 2. The van der Waals surface area contributed by atoms with Gasteiger partial charge in [0.25, 0.3) is 5.56 Å². The van der Waals surface area contributed by atoms with Crippen molar-refractivity contribution in [3.05, 3.63) is 75.5 Å². The largest absolute Gasteiger partial charge is 0.350 e. The number of aromatic nitrogens is 2. The van der Waals surface area contributed by atoms with Gasteiger partial charge in [-0.05, 0) is 23.1 Å². The Balaban J connectivity index is 1.55. The first kappa shape index (κ1) is 16.7. The van der Waals surface area contributed by atoms with Gasteiger partial charge >= 0.3 is 0 Å². The number of hydrogen-bond acceptors (Lipinski definition) is 5. The fourth-order valence-corrected chi connectivity index (χ4v) is 4.32. The van der Waals surface area contributed by atoms with E-state index in [1.54, 1.807) is 11.3 Å². The van der Waals surface area contributed by atoms with Crippen molar-refractivity contribution >= 4 is 38.8 Å². The molecule has 3 aromatic heterocycles. The van der Waals surface area contributed by atoms with Crippen LogP contribution in [0.1, 0.15) is 4.88 Å². The van der Waals surface area contributed by atoms with Crippen LogP contribution in [0.25, 0.3) is 20.7 Å². The van der Waals surface area contributed by atoms with Crippen LogP contribution in [0.15, 0.2) is 65.0 Å². The van der Waals surface area contributed by atoms with Gasteiger partial charge in [0.15, 0.2) is 0 Å². The first-order valence-electron chi connectivity index (χ1n) is 8.04. The van der Waals surface area contributed by atoms with Crippen molar-refractivity contribution < 1.29 is 4.79 Å². The topological polar surface area (TPSA) is 64.0 Å². The van der Waals surface area contributed by atoms with Gasteiger partial charge in [-0.2, -0.15) is 0 Å². The van der Waals surface area contributed by atoms with Crippen LogP contribution in [0.3, 0.4) is 0 Å². The number of hydrogen-bond donors (Lipinski definition) is 1. The van der Waals surface area contributed by atoms with Crippen molar-refractivity contribution in [2.45, 2.75) is 13.1 Å². The van der Waals surface area contributed by atoms with Crippen molar-refractivity contribution in [2.75, 3.05) is 0 Å². The molecule has 1 amide bonds. The quantitative estimate of drug-likeness (QED) is 0.575. The number of rotatable bonds is 5. The maximum absolute atomic E-state index is 12.7. The van der Waals surface area contributed by atoms with Gasteiger partial charge in [0.2, 0.25) is 5.91 Å². The van der Waals surface area contributed by atoms with E-state index >= 15 is 0 Å². The van der Waals surface area contributed by atoms with Crippen LogP contribution < -0.4 is 10.9 Å². The Kier molecular flexibility index (Phi) is 4.64. The highest BCUT2D eigenvalue weighted by atomic mass is 32.1. The Bertz CT molecular complexity index is 1100. The van der Waals surface area contributed by atoms with Crippen LogP contribution >= 0.6 is 22.7 Å². The Hall–Kier alpha value is -2.77. The summed E-state index contributed by atoms with van der Waals surface area (Å²) in [5.74, 6) is -0.207. The second-order valence-corrected chi connectivity index (χ2v) is 7.81. The summed E-state index contributed by atoms with van der Waals surface area (Å²) in [6, 6.07) is 15.7. The third-order valence-corrected chi connectivity index (χ3v) is 5.95. The number of carbonyl (C=O) groups excluding carboxylic acids is 1. The van der Waals surface area contributed by atoms with E-state index in [1.165, 1.54) is 22.2 Å². The van der Waals surface area contributed by atoms with E-state index in [4.69, 9.17) is 0 Å². The molecule has 0 unspecified atom stereocenters. The first-order valence-corrected chi connectivity index (χ1v) is 9.74. The van der Waals surface area contributed by atoms with Crippen molar-refractivity contribution in [3.63, 3.8) is 0 Å². The predicted octanol–water partition coefficient (Wildman–Crippen LogP) is 3.50. The normalized spacial score (nSPS) is 10.9. The molecule has 0 aliphatic rings. The van der Waals surface area contributed by atoms with E-state index in [0.717, 1.165) is 15.3 Å². The van der Waals surface area contributed by atoms with E-state index in [1.807, 2.05) is 53.9 Å². The number of fused-ring (bicyclic) bond motifs is 1. The van der Waals surface area contributed by atoms with E-state index in [0.29, 0.717) is 16.8 Å². The number of amides is 1. The molecule has 0 fully saturated rings. The van der Waals surface area contributed by atoms with Gasteiger partial charge in [0.05, 0.1) is 18.4 Å². The van der Waals surface area contributed by atoms with Crippen molar-refractivity contribution in [1.29, 1.82) is 0 Å². The third-order valence-electron chi connectivity index (χ3n) is 3.92. The van der Waals surface area contributed by atoms with Gasteiger partial charge in [-0.15, -0.1) is 22.7 Å². The molecule has 4 rings (SSSR count). The molecule has 4 aromatic rings. The van der Waals surface area contributed by atoms with Crippen LogP contribution in [-0.2, 0) is 17.9 Å². The molecule has 1 aromatic carbocycles. The van der Waals surface area contributed by atoms with Gasteiger partial charge < -0.3 is 5.32 Å². The number of carbonyl (C=O) groups is 1. The summed E-state index contributed by atoms with van der Waals surface area (Å²) >= 11 is 2.99. The lowest BCUT2D eigenvalue weighted by Gasteiger charge is -2.06. The monoisotopic (exact) mass is 381 g/mol. The first-order chi connectivity index (χ1) is 12.7. The summed E-state index contributed by atoms with van der Waals surface area (Å²) < 4.78 is 1.93. The molecule has 0 spiro atoms. The number of nitrogens with one attached hydrogen (secondary N) is 1. The third kappa shape index (κ3) is 3.44. The lowest BCUT2D eigenvalue weighted by molar-refractivity contribution is -0.121. The highest BCUT2D eigenvalue weighted by molar-refractivity contribution is 7.22. The Morgan fingerprint density at radius 2 is 2.00 bits per heavy atom. The lowest BCUT2D eigenvalue weighted by Crippen LogP contribution is -2.31. The molecule has 26 heavy (non-hydrogen) atoms. The summed E-state index contributed by atoms with van der Waals surface area (Å²) in [5.41, 5.74) is 1.53. The Morgan fingerprint density at radius 1 is 1.15 bits per heavy atom. The summed E-state index contributed by atoms with van der Waals surface area (Å²) in [5, 5.41) is 4.79. The summed E-state index contributed by atoms with van der Waals surface area (Å²) in [6.45, 7) is 0.434. The van der Waals surface area contributed by atoms with Gasteiger partial charge in [-0.1, -0.05) is 36.4 Å². The molecule has 0 aliphatic heterocycles. The second kappa shape index (κ2) is 7.23. The molecule has 0 bridgehead atoms. The summed E-state index contributed by atoms with van der Waals surface area (Å²) in [6.07, 6.45) is 1.44. The maximum Gasteiger partial charge on any atom is 0.271 e. The van der Waals surface area contributed by atoms with Crippen molar-refractivity contribution in [2.24, 2.45) is 0 Å². The lowest BCUT2D eigenvalue weighted by atomic mass is 10.2. The van der Waals surface area contributed by atoms with Crippen LogP contribution in [0.5, 0.6) is 0 Å². The summed E-state index contributed by atoms with van der Waals surface area (Å²) in [7, 11) is 0. The van der Waals surface area contributed by atoms with Gasteiger partial charge in [0.1, 0.15) is 11.2 Å². The molecule has 5 nitrogen and oxygen atoms in total. The molecule has 0 saturated heterocycles. The van der Waals surface area contributed by atoms with Crippen LogP contribution in [0, 0.1) is 0 Å². The second-order valence-electron chi connectivity index (χ2n) is 5.72. The van der Waals surface area contributed by atoms with Gasteiger partial charge in [0, 0.05) is 9.75 Å². The average molecular weight is 381 g/mol. The van der Waals surface area contributed by atoms with Crippen molar-refractivity contribution in [1.82, 2.24) is 14.9 Å². The number of nitrogens with zero attached hydrogens (tertiary/aromatic N) is 2. The minimum absolute atomic E-state index is 0.0360. The van der Waals surface area contributed by atoms with Crippen LogP contribution in [-0.4, -0.2) is 15.5 Å². The highest BCUT2D eigenvalue weighted by Gasteiger charge is 2.12. The molecule has 130 valence electrons. The predicted molar refractivity (Wildman–Crippen MR) is 105 cm³/mol. The molecule has 0 aliphatic carbocycles. The Labute approximate surface area is 157 Å². The minimum Gasteiger partial charge on any atom is -0.350 e. The zero-order valence-corrected chi connectivity index (χ0v) is 15.3. The van der Waals surface area contributed by atoms with Crippen LogP contribution in [0.4, 0.5) is 0 Å². The standard InChI is InChI=1S/C19H15N3O2S2/c23-17(20-10-14-7-4-8-25-14)11-22-12-21-15-9-16(26-18(15)19(22)24)13-5-2-1-3-6-13/h1-9,12H,10-11H2,(H,20,23). The van der Waals surface area contributed by atoms with Crippen molar-refractivity contribution in [3.8, 4) is 10.4 Å². The zero-order chi connectivity index (χ0) is 17.9. The zero-order valence-electron chi connectivity index (χ0n) is 13.7. The smallest absolute Gasteiger partial charge is 0.271 e. The molecular formula is C19H15N3O2S2. The van der Waals surface area contributed by atoms with Crippen LogP contribution in [0.2, 0.25) is 0 Å². The van der Waals surface area contributed by atoms with Gasteiger partial charge in [-0.25, -0.2) is 4.98 Å². The van der Waals surface area contributed by atoms with E-state index < -0.39 is 0 Å².